The van der Waals surface area contributed by atoms with Gasteiger partial charge in [0.1, 0.15) is 0 Å². The van der Waals surface area contributed by atoms with Gasteiger partial charge >= 0.3 is 6.18 Å². The minimum absolute atomic E-state index is 0.0614. The Morgan fingerprint density at radius 3 is 2.17 bits per heavy atom. The van der Waals surface area contributed by atoms with E-state index in [1.54, 1.807) is 0 Å². The normalized spacial score (nSPS) is 15.6. The molecule has 1 aromatic heterocycles. The molecule has 4 nitrogen and oxygen atoms in total. The number of imidazole rings is 1. The lowest BCUT2D eigenvalue weighted by Gasteiger charge is -2.21. The lowest BCUT2D eigenvalue weighted by molar-refractivity contribution is -0.137. The van der Waals surface area contributed by atoms with Crippen molar-refractivity contribution in [2.45, 2.75) is 57.3 Å². The van der Waals surface area contributed by atoms with E-state index in [0.29, 0.717) is 29.1 Å². The van der Waals surface area contributed by atoms with E-state index in [0.717, 1.165) is 22.9 Å². The van der Waals surface area contributed by atoms with E-state index in [-0.39, 0.29) is 6.61 Å². The van der Waals surface area contributed by atoms with E-state index in [1.165, 1.54) is 49.8 Å². The molecule has 3 aromatic carbocycles. The summed E-state index contributed by atoms with van der Waals surface area (Å²) in [7, 11) is 1.83. The van der Waals surface area contributed by atoms with Crippen LogP contribution in [0.25, 0.3) is 11.0 Å². The highest BCUT2D eigenvalue weighted by atomic mass is 19.4. The number of halogens is 3. The number of fused-ring (bicyclic) bond motifs is 1. The largest absolute Gasteiger partial charge is 0.416 e. The van der Waals surface area contributed by atoms with Gasteiger partial charge in [-0.05, 0) is 65.8 Å². The molecule has 1 fully saturated rings. The molecule has 0 radical (unpaired) electrons. The van der Waals surface area contributed by atoms with Crippen LogP contribution in [0.15, 0.2) is 71.7 Å². The van der Waals surface area contributed by atoms with Crippen LogP contribution in [0.2, 0.25) is 0 Å². The van der Waals surface area contributed by atoms with Gasteiger partial charge in [0.15, 0.2) is 0 Å². The van der Waals surface area contributed by atoms with Crippen LogP contribution in [0, 0.1) is 0 Å². The van der Waals surface area contributed by atoms with Gasteiger partial charge in [0, 0.05) is 7.05 Å². The zero-order valence-electron chi connectivity index (χ0n) is 20.3. The highest BCUT2D eigenvalue weighted by Gasteiger charge is 2.31. The van der Waals surface area contributed by atoms with Crippen LogP contribution in [-0.2, 0) is 26.4 Å². The topological polar surface area (TPSA) is 42.5 Å². The van der Waals surface area contributed by atoms with Crippen LogP contribution >= 0.6 is 0 Å². The van der Waals surface area contributed by atoms with E-state index in [9.17, 15) is 18.3 Å². The molecule has 1 heterocycles. The molecular formula is C29H30F3N3O. The van der Waals surface area contributed by atoms with Crippen LogP contribution in [0.5, 0.6) is 0 Å². The Morgan fingerprint density at radius 2 is 1.53 bits per heavy atom. The van der Waals surface area contributed by atoms with Crippen LogP contribution in [0.4, 0.5) is 18.9 Å². The molecule has 0 atom stereocenters. The van der Waals surface area contributed by atoms with Gasteiger partial charge in [-0.25, -0.2) is 4.99 Å². The summed E-state index contributed by atoms with van der Waals surface area (Å²) in [5, 5.41) is 9.35. The standard InChI is InChI=1S/C29H30F3N3O/c1-34-26-16-13-24(29(30,31)32)17-27(26)35(18-20-7-9-21(19-36)10-8-20)28(34)33-25-14-11-23(12-15-25)22-5-3-2-4-6-22/h7-17,22,36H,2-6,18-19H2,1H3/b33-28-. The minimum atomic E-state index is -4.43. The van der Waals surface area contributed by atoms with Crippen LogP contribution in [0.3, 0.4) is 0 Å². The van der Waals surface area contributed by atoms with Gasteiger partial charge in [0.2, 0.25) is 5.62 Å². The predicted molar refractivity (Wildman–Crippen MR) is 135 cm³/mol. The third kappa shape index (κ3) is 4.98. The maximum Gasteiger partial charge on any atom is 0.416 e. The van der Waals surface area contributed by atoms with Crippen molar-refractivity contribution in [2.75, 3.05) is 0 Å². The number of aliphatic hydroxyl groups is 1. The van der Waals surface area contributed by atoms with Crippen molar-refractivity contribution in [1.82, 2.24) is 9.13 Å². The van der Waals surface area contributed by atoms with E-state index in [2.05, 4.69) is 12.1 Å². The number of aliphatic hydroxyl groups excluding tert-OH is 1. The lowest BCUT2D eigenvalue weighted by atomic mass is 9.84. The third-order valence-electron chi connectivity index (χ3n) is 7.24. The number of hydrogen-bond donors (Lipinski definition) is 1. The first kappa shape index (κ1) is 24.4. The van der Waals surface area contributed by atoms with Gasteiger partial charge in [-0.2, -0.15) is 13.2 Å². The summed E-state index contributed by atoms with van der Waals surface area (Å²) in [6, 6.07) is 19.5. The van der Waals surface area contributed by atoms with Crippen molar-refractivity contribution in [3.8, 4) is 0 Å². The van der Waals surface area contributed by atoms with E-state index in [4.69, 9.17) is 4.99 Å². The first-order valence-electron chi connectivity index (χ1n) is 12.4. The molecule has 1 aliphatic rings. The van der Waals surface area contributed by atoms with Crippen LogP contribution < -0.4 is 5.62 Å². The molecule has 7 heteroatoms. The molecule has 4 aromatic rings. The number of nitrogens with zero attached hydrogens (tertiary/aromatic N) is 3. The average molecular weight is 494 g/mol. The second-order valence-electron chi connectivity index (χ2n) is 9.66. The maximum absolute atomic E-state index is 13.5. The summed E-state index contributed by atoms with van der Waals surface area (Å²) >= 11 is 0. The monoisotopic (exact) mass is 493 g/mol. The summed E-state index contributed by atoms with van der Waals surface area (Å²) in [5.41, 5.74) is 4.81. The summed E-state index contributed by atoms with van der Waals surface area (Å²) in [6.07, 6.45) is 1.85. The number of benzene rings is 3. The highest BCUT2D eigenvalue weighted by Crippen LogP contribution is 2.34. The van der Waals surface area contributed by atoms with Gasteiger partial charge in [-0.3, -0.25) is 0 Å². The Labute approximate surface area is 208 Å². The van der Waals surface area contributed by atoms with Crippen molar-refractivity contribution in [1.29, 1.82) is 0 Å². The van der Waals surface area contributed by atoms with Gasteiger partial charge in [-0.1, -0.05) is 55.7 Å². The SMILES string of the molecule is Cn1/c(=N/c2ccc(C3CCCCC3)cc2)n(Cc2ccc(CO)cc2)c2cc(C(F)(F)F)ccc21. The van der Waals surface area contributed by atoms with E-state index >= 15 is 0 Å². The minimum Gasteiger partial charge on any atom is -0.392 e. The van der Waals surface area contributed by atoms with Crippen LogP contribution in [0.1, 0.15) is 60.3 Å². The molecule has 0 bridgehead atoms. The fourth-order valence-electron chi connectivity index (χ4n) is 5.19. The van der Waals surface area contributed by atoms with Crippen molar-refractivity contribution >= 4 is 16.7 Å². The predicted octanol–water partition coefficient (Wildman–Crippen LogP) is 6.82. The fraction of sp³-hybridized carbons (Fsp3) is 0.345. The van der Waals surface area contributed by atoms with Gasteiger partial charge in [-0.15, -0.1) is 0 Å². The van der Waals surface area contributed by atoms with E-state index < -0.39 is 11.7 Å². The molecule has 1 saturated carbocycles. The van der Waals surface area contributed by atoms with Crippen LogP contribution in [-0.4, -0.2) is 14.2 Å². The first-order valence-corrected chi connectivity index (χ1v) is 12.4. The molecule has 1 N–H and O–H groups in total. The van der Waals surface area contributed by atoms with Crippen molar-refractivity contribution in [3.63, 3.8) is 0 Å². The molecular weight excluding hydrogens is 463 g/mol. The molecule has 1 aliphatic carbocycles. The van der Waals surface area contributed by atoms with Crippen molar-refractivity contribution < 1.29 is 18.3 Å². The van der Waals surface area contributed by atoms with Gasteiger partial charge in [0.25, 0.3) is 0 Å². The Hall–Kier alpha value is -3.32. The number of alkyl halides is 3. The molecule has 36 heavy (non-hydrogen) atoms. The third-order valence-corrected chi connectivity index (χ3v) is 7.24. The number of hydrogen-bond acceptors (Lipinski definition) is 2. The molecule has 5 rings (SSSR count). The van der Waals surface area contributed by atoms with Crippen molar-refractivity contribution in [2.24, 2.45) is 12.0 Å². The Kier molecular flexibility index (Phi) is 6.75. The summed E-state index contributed by atoms with van der Waals surface area (Å²) in [6.45, 7) is 0.289. The molecule has 0 aliphatic heterocycles. The molecule has 0 unspecified atom stereocenters. The summed E-state index contributed by atoms with van der Waals surface area (Å²) in [4.78, 5) is 4.89. The summed E-state index contributed by atoms with van der Waals surface area (Å²) in [5.74, 6) is 0.595. The van der Waals surface area contributed by atoms with Gasteiger partial charge < -0.3 is 14.2 Å². The van der Waals surface area contributed by atoms with Gasteiger partial charge in [0.05, 0.1) is 35.4 Å². The Morgan fingerprint density at radius 1 is 0.861 bits per heavy atom. The smallest absolute Gasteiger partial charge is 0.392 e. The molecule has 0 spiro atoms. The number of rotatable bonds is 5. The molecule has 0 amide bonds. The molecule has 188 valence electrons. The second kappa shape index (κ2) is 9.97. The molecule has 0 saturated heterocycles. The highest BCUT2D eigenvalue weighted by molar-refractivity contribution is 5.77. The second-order valence-corrected chi connectivity index (χ2v) is 9.66. The van der Waals surface area contributed by atoms with E-state index in [1.807, 2.05) is 52.6 Å². The first-order chi connectivity index (χ1) is 17.3. The summed E-state index contributed by atoms with van der Waals surface area (Å²) < 4.78 is 44.3. The quantitative estimate of drug-likeness (QED) is 0.326. The average Bonchev–Trinajstić information content (AvgIpc) is 3.15. The fourth-order valence-corrected chi connectivity index (χ4v) is 5.19. The zero-order valence-corrected chi connectivity index (χ0v) is 20.3. The number of aromatic nitrogens is 2. The maximum atomic E-state index is 13.5. The lowest BCUT2D eigenvalue weighted by Crippen LogP contribution is -2.24. The Bertz CT molecular complexity index is 1410. The Balaban J connectivity index is 1.61. The zero-order chi connectivity index (χ0) is 25.3. The number of aryl methyl sites for hydroxylation is 1. The van der Waals surface area contributed by atoms with Crippen molar-refractivity contribution in [3.05, 3.63) is 94.6 Å².